The molecule has 2 amide bonds. The van der Waals surface area contributed by atoms with Gasteiger partial charge in [0.15, 0.2) is 0 Å². The van der Waals surface area contributed by atoms with Gasteiger partial charge in [-0.2, -0.15) is 21.0 Å². The van der Waals surface area contributed by atoms with Crippen molar-refractivity contribution in [3.05, 3.63) is 179 Å². The molecular weight excluding hydrogens is 693 g/mol. The molecule has 56 heavy (non-hydrogen) atoms. The zero-order chi connectivity index (χ0) is 38.5. The first kappa shape index (κ1) is 33.3. The highest BCUT2D eigenvalue weighted by atomic mass is 16.2. The number of hydrogen-bond donors (Lipinski definition) is 0. The Bertz CT molecular complexity index is 3050. The van der Waals surface area contributed by atoms with Crippen molar-refractivity contribution in [2.45, 2.75) is 0 Å². The van der Waals surface area contributed by atoms with Gasteiger partial charge in [0.2, 0.25) is 0 Å². The zero-order valence-electron chi connectivity index (χ0n) is 29.4. The summed E-state index contributed by atoms with van der Waals surface area (Å²) < 4.78 is 1.97. The minimum absolute atomic E-state index is 0.271. The smallest absolute Gasteiger partial charge is 0.268 e. The summed E-state index contributed by atoms with van der Waals surface area (Å²) >= 11 is 0. The van der Waals surface area contributed by atoms with E-state index in [4.69, 9.17) is 0 Å². The van der Waals surface area contributed by atoms with Crippen molar-refractivity contribution in [2.75, 3.05) is 4.90 Å². The number of imide groups is 1. The standard InChI is InChI=1S/C48H24N6O2/c49-25-29-12-16-38(35(20-29)27-51)33-14-18-43-41(23-33)42-24-34(39-17-13-30(26-50)21-36(39)28-52)15-19-44(42)54(43)45-11-5-10-40-46(45)48(56)53(47(40)55)37-9-4-8-32(22-37)31-6-2-1-3-7-31/h1-24H. The van der Waals surface area contributed by atoms with Gasteiger partial charge in [-0.25, -0.2) is 4.90 Å². The highest BCUT2D eigenvalue weighted by Crippen LogP contribution is 2.41. The summed E-state index contributed by atoms with van der Waals surface area (Å²) in [4.78, 5) is 29.9. The Kier molecular flexibility index (Phi) is 7.81. The van der Waals surface area contributed by atoms with Gasteiger partial charge in [0.25, 0.3) is 11.8 Å². The van der Waals surface area contributed by atoms with Crippen LogP contribution in [0.2, 0.25) is 0 Å². The Balaban J connectivity index is 1.26. The van der Waals surface area contributed by atoms with Gasteiger partial charge >= 0.3 is 0 Å². The van der Waals surface area contributed by atoms with Gasteiger partial charge < -0.3 is 4.57 Å². The maximum Gasteiger partial charge on any atom is 0.268 e. The second kappa shape index (κ2) is 13.1. The van der Waals surface area contributed by atoms with Crippen LogP contribution in [0.3, 0.4) is 0 Å². The van der Waals surface area contributed by atoms with E-state index in [-0.39, 0.29) is 11.1 Å². The van der Waals surface area contributed by atoms with Crippen LogP contribution in [0.1, 0.15) is 43.0 Å². The highest BCUT2D eigenvalue weighted by molar-refractivity contribution is 6.36. The molecule has 0 atom stereocenters. The van der Waals surface area contributed by atoms with Crippen molar-refractivity contribution in [1.29, 1.82) is 21.0 Å². The molecule has 0 saturated heterocycles. The Labute approximate surface area is 320 Å². The summed E-state index contributed by atoms with van der Waals surface area (Å²) in [5.74, 6) is -0.862. The van der Waals surface area contributed by atoms with E-state index >= 15 is 0 Å². The predicted octanol–water partition coefficient (Wildman–Crippen LogP) is 10.1. The number of aromatic nitrogens is 1. The lowest BCUT2D eigenvalue weighted by Gasteiger charge is -2.16. The molecule has 0 saturated carbocycles. The largest absolute Gasteiger partial charge is 0.308 e. The van der Waals surface area contributed by atoms with Crippen molar-refractivity contribution in [3.63, 3.8) is 0 Å². The van der Waals surface area contributed by atoms with E-state index in [0.29, 0.717) is 44.8 Å². The lowest BCUT2D eigenvalue weighted by molar-refractivity contribution is 0.0926. The van der Waals surface area contributed by atoms with Crippen molar-refractivity contribution >= 4 is 39.3 Å². The lowest BCUT2D eigenvalue weighted by Crippen LogP contribution is -2.29. The van der Waals surface area contributed by atoms with Crippen LogP contribution in [0.15, 0.2) is 146 Å². The summed E-state index contributed by atoms with van der Waals surface area (Å²) in [6.45, 7) is 0. The van der Waals surface area contributed by atoms with Crippen LogP contribution in [-0.4, -0.2) is 16.4 Å². The second-order valence-electron chi connectivity index (χ2n) is 13.3. The van der Waals surface area contributed by atoms with Crippen molar-refractivity contribution < 1.29 is 9.59 Å². The van der Waals surface area contributed by atoms with E-state index in [2.05, 4.69) is 24.3 Å². The first-order chi connectivity index (χ1) is 27.4. The van der Waals surface area contributed by atoms with E-state index in [9.17, 15) is 30.6 Å². The van der Waals surface area contributed by atoms with Crippen LogP contribution >= 0.6 is 0 Å². The molecule has 0 N–H and O–H groups in total. The van der Waals surface area contributed by atoms with E-state index < -0.39 is 11.8 Å². The molecule has 0 bridgehead atoms. The topological polar surface area (TPSA) is 137 Å². The zero-order valence-corrected chi connectivity index (χ0v) is 29.4. The van der Waals surface area contributed by atoms with Gasteiger partial charge in [-0.1, -0.05) is 72.8 Å². The van der Waals surface area contributed by atoms with Crippen molar-refractivity contribution in [3.8, 4) is 63.3 Å². The van der Waals surface area contributed by atoms with Crippen LogP contribution in [0.25, 0.3) is 60.9 Å². The van der Waals surface area contributed by atoms with Crippen molar-refractivity contribution in [1.82, 2.24) is 4.57 Å². The Hall–Kier alpha value is -8.56. The monoisotopic (exact) mass is 716 g/mol. The Morgan fingerprint density at radius 1 is 0.429 bits per heavy atom. The van der Waals surface area contributed by atoms with Crippen LogP contribution in [-0.2, 0) is 0 Å². The summed E-state index contributed by atoms with van der Waals surface area (Å²) in [5, 5.41) is 40.6. The lowest BCUT2D eigenvalue weighted by atomic mass is 9.95. The number of amides is 2. The van der Waals surface area contributed by atoms with Crippen LogP contribution in [0, 0.1) is 45.3 Å². The van der Waals surface area contributed by atoms with Crippen LogP contribution in [0.5, 0.6) is 0 Å². The molecule has 258 valence electrons. The number of rotatable bonds is 5. The molecule has 8 aromatic rings. The van der Waals surface area contributed by atoms with Gasteiger partial charge in [0.1, 0.15) is 0 Å². The fourth-order valence-corrected chi connectivity index (χ4v) is 7.68. The van der Waals surface area contributed by atoms with E-state index in [1.165, 1.54) is 4.90 Å². The number of nitriles is 4. The third-order valence-electron chi connectivity index (χ3n) is 10.3. The number of nitrogens with zero attached hydrogens (tertiary/aromatic N) is 6. The van der Waals surface area contributed by atoms with Gasteiger partial charge in [-0.3, -0.25) is 9.59 Å². The summed E-state index contributed by atoms with van der Waals surface area (Å²) in [5.41, 5.74) is 9.11. The van der Waals surface area contributed by atoms with Gasteiger partial charge in [-0.05, 0) is 106 Å². The maximum absolute atomic E-state index is 14.6. The van der Waals surface area contributed by atoms with Crippen LogP contribution < -0.4 is 4.90 Å². The molecular formula is C48H24N6O2. The molecule has 8 nitrogen and oxygen atoms in total. The molecule has 1 aliphatic heterocycles. The van der Waals surface area contributed by atoms with E-state index in [1.807, 2.05) is 95.6 Å². The number of benzene rings is 7. The summed E-state index contributed by atoms with van der Waals surface area (Å²) in [6.07, 6.45) is 0. The number of fused-ring (bicyclic) bond motifs is 4. The number of hydrogen-bond acceptors (Lipinski definition) is 6. The first-order valence-electron chi connectivity index (χ1n) is 17.6. The minimum atomic E-state index is -0.443. The first-order valence-corrected chi connectivity index (χ1v) is 17.6. The van der Waals surface area contributed by atoms with Gasteiger partial charge in [-0.15, -0.1) is 0 Å². The molecule has 7 aromatic carbocycles. The molecule has 0 radical (unpaired) electrons. The van der Waals surface area contributed by atoms with Gasteiger partial charge in [0, 0.05) is 10.8 Å². The molecule has 0 fully saturated rings. The summed E-state index contributed by atoms with van der Waals surface area (Å²) in [6, 6.07) is 52.6. The van der Waals surface area contributed by atoms with E-state index in [0.717, 1.165) is 44.1 Å². The molecule has 1 aromatic heterocycles. The Morgan fingerprint density at radius 3 is 1.57 bits per heavy atom. The Morgan fingerprint density at radius 2 is 1.00 bits per heavy atom. The molecule has 2 heterocycles. The third kappa shape index (κ3) is 5.19. The molecule has 8 heteroatoms. The van der Waals surface area contributed by atoms with Gasteiger partial charge in [0.05, 0.1) is 80.1 Å². The number of anilines is 1. The third-order valence-corrected chi connectivity index (χ3v) is 10.3. The fourth-order valence-electron chi connectivity index (χ4n) is 7.68. The van der Waals surface area contributed by atoms with Crippen LogP contribution in [0.4, 0.5) is 5.69 Å². The highest BCUT2D eigenvalue weighted by Gasteiger charge is 2.39. The second-order valence-corrected chi connectivity index (χ2v) is 13.3. The normalized spacial score (nSPS) is 11.9. The summed E-state index contributed by atoms with van der Waals surface area (Å²) in [7, 11) is 0. The quantitative estimate of drug-likeness (QED) is 0.163. The van der Waals surface area contributed by atoms with E-state index in [1.54, 1.807) is 54.6 Å². The molecule has 0 spiro atoms. The molecule has 0 aliphatic carbocycles. The number of carbonyl (C=O) groups excluding carboxylic acids is 2. The fraction of sp³-hybridized carbons (Fsp3) is 0. The molecule has 9 rings (SSSR count). The number of carbonyl (C=O) groups is 2. The maximum atomic E-state index is 14.6. The average Bonchev–Trinajstić information content (AvgIpc) is 3.72. The predicted molar refractivity (Wildman–Crippen MR) is 214 cm³/mol. The SMILES string of the molecule is N#Cc1ccc(-c2ccc3c(c2)c2cc(-c4ccc(C#N)cc4C#N)ccc2n3-c2cccc3c2C(=O)N(c2cccc(-c4ccccc4)c2)C3=O)c(C#N)c1. The molecule has 0 unspecified atom stereocenters. The van der Waals surface area contributed by atoms with Crippen molar-refractivity contribution in [2.24, 2.45) is 0 Å². The minimum Gasteiger partial charge on any atom is -0.308 e. The molecule has 1 aliphatic rings. The average molecular weight is 717 g/mol.